The SMILES string of the molecule is [B][B]C1CC(OP(=O)(O)SCC2OC([B])CC2C(C)(C)C)C(CC(C)(C)C)O1. The van der Waals surface area contributed by atoms with Gasteiger partial charge >= 0.3 is 6.80 Å². The van der Waals surface area contributed by atoms with Gasteiger partial charge in [-0.05, 0) is 47.4 Å². The maximum absolute atomic E-state index is 12.8. The first-order chi connectivity index (χ1) is 12.7. The number of hydrogen-bond donors (Lipinski definition) is 1. The second kappa shape index (κ2) is 9.40. The summed E-state index contributed by atoms with van der Waals surface area (Å²) in [5.41, 5.74) is 0.0248. The first kappa shape index (κ1) is 24.9. The van der Waals surface area contributed by atoms with Crippen molar-refractivity contribution in [3.05, 3.63) is 0 Å². The van der Waals surface area contributed by atoms with Crippen LogP contribution in [0.3, 0.4) is 0 Å². The summed E-state index contributed by atoms with van der Waals surface area (Å²) in [4.78, 5) is 10.5. The highest BCUT2D eigenvalue weighted by molar-refractivity contribution is 8.54. The molecule has 0 saturated carbocycles. The second-order valence-corrected chi connectivity index (χ2v) is 14.1. The molecule has 10 heteroatoms. The van der Waals surface area contributed by atoms with Crippen molar-refractivity contribution in [1.29, 1.82) is 0 Å². The Morgan fingerprint density at radius 1 is 1.18 bits per heavy atom. The van der Waals surface area contributed by atoms with Crippen molar-refractivity contribution in [3.8, 4) is 0 Å². The van der Waals surface area contributed by atoms with E-state index in [-0.39, 0.29) is 41.0 Å². The summed E-state index contributed by atoms with van der Waals surface area (Å²) >= 11 is 0.925. The van der Waals surface area contributed by atoms with E-state index in [2.05, 4.69) is 41.5 Å². The molecule has 5 radical (unpaired) electrons. The molecule has 2 fully saturated rings. The van der Waals surface area contributed by atoms with Gasteiger partial charge in [0, 0.05) is 25.5 Å². The minimum atomic E-state index is -3.87. The lowest BCUT2D eigenvalue weighted by Crippen LogP contribution is -2.30. The van der Waals surface area contributed by atoms with Gasteiger partial charge in [-0.15, -0.1) is 0 Å². The minimum absolute atomic E-state index is 0.0100. The fraction of sp³-hybridized carbons (Fsp3) is 1.00. The summed E-state index contributed by atoms with van der Waals surface area (Å²) in [6.45, 7) is 8.87. The van der Waals surface area contributed by atoms with Crippen molar-refractivity contribution in [1.82, 2.24) is 0 Å². The second-order valence-electron chi connectivity index (χ2n) is 10.2. The highest BCUT2D eigenvalue weighted by Gasteiger charge is 2.43. The van der Waals surface area contributed by atoms with Crippen LogP contribution in [0.4, 0.5) is 0 Å². The number of hydrogen-bond acceptors (Lipinski definition) is 5. The molecule has 7 atom stereocenters. The third-order valence-corrected chi connectivity index (χ3v) is 8.35. The summed E-state index contributed by atoms with van der Waals surface area (Å²) in [5, 5.41) is 0. The third-order valence-electron chi connectivity index (χ3n) is 5.32. The van der Waals surface area contributed by atoms with E-state index >= 15 is 0 Å². The van der Waals surface area contributed by atoms with Gasteiger partial charge in [0.1, 0.15) is 7.85 Å². The van der Waals surface area contributed by atoms with Gasteiger partial charge in [-0.3, -0.25) is 4.52 Å². The molecule has 0 aromatic carbocycles. The van der Waals surface area contributed by atoms with Crippen LogP contribution >= 0.6 is 18.2 Å². The number of rotatable bonds is 7. The summed E-state index contributed by atoms with van der Waals surface area (Å²) in [6, 6.07) is -0.585. The molecule has 0 aliphatic carbocycles. The predicted molar refractivity (Wildman–Crippen MR) is 118 cm³/mol. The van der Waals surface area contributed by atoms with Crippen molar-refractivity contribution in [2.75, 3.05) is 5.75 Å². The summed E-state index contributed by atoms with van der Waals surface area (Å²) < 4.78 is 30.2. The average Bonchev–Trinajstić information content (AvgIpc) is 3.06. The van der Waals surface area contributed by atoms with Crippen LogP contribution in [-0.2, 0) is 18.6 Å². The molecule has 2 saturated heterocycles. The Kier molecular flexibility index (Phi) is 8.35. The van der Waals surface area contributed by atoms with Crippen molar-refractivity contribution >= 4 is 40.9 Å². The van der Waals surface area contributed by atoms with Crippen LogP contribution in [0.2, 0.25) is 0 Å². The normalized spacial score (nSPS) is 36.4. The largest absolute Gasteiger partial charge is 0.387 e. The van der Waals surface area contributed by atoms with E-state index in [0.29, 0.717) is 12.2 Å². The van der Waals surface area contributed by atoms with Gasteiger partial charge in [0.15, 0.2) is 0 Å². The fourth-order valence-corrected chi connectivity index (χ4v) is 6.77. The maximum Gasteiger partial charge on any atom is 0.387 e. The van der Waals surface area contributed by atoms with Crippen molar-refractivity contribution in [3.63, 3.8) is 0 Å². The van der Waals surface area contributed by atoms with Crippen LogP contribution < -0.4 is 0 Å². The molecular formula is C18H33B3O5PS. The Hall–Kier alpha value is 0.615. The van der Waals surface area contributed by atoms with Crippen molar-refractivity contribution in [2.24, 2.45) is 16.7 Å². The zero-order valence-corrected chi connectivity index (χ0v) is 19.7. The molecule has 0 spiro atoms. The highest BCUT2D eigenvalue weighted by atomic mass is 32.7. The quantitative estimate of drug-likeness (QED) is 0.498. The molecule has 2 aliphatic heterocycles. The molecule has 5 nitrogen and oxygen atoms in total. The van der Waals surface area contributed by atoms with Crippen LogP contribution in [-0.4, -0.2) is 63.7 Å². The Labute approximate surface area is 178 Å². The molecule has 2 rings (SSSR count). The van der Waals surface area contributed by atoms with Crippen LogP contribution in [0.1, 0.15) is 60.8 Å². The van der Waals surface area contributed by atoms with Gasteiger partial charge in [-0.2, -0.15) is 0 Å². The zero-order valence-electron chi connectivity index (χ0n) is 18.0. The van der Waals surface area contributed by atoms with Gasteiger partial charge in [0.05, 0.1) is 25.5 Å². The molecule has 155 valence electrons. The Balaban J connectivity index is 1.97. The summed E-state index contributed by atoms with van der Waals surface area (Å²) in [6.07, 6.45) is 1.07. The summed E-state index contributed by atoms with van der Waals surface area (Å²) in [5.74, 6) is 0.600. The molecule has 0 aromatic rings. The van der Waals surface area contributed by atoms with E-state index in [1.54, 1.807) is 0 Å². The van der Waals surface area contributed by atoms with Gasteiger partial charge in [-0.25, -0.2) is 4.57 Å². The molecule has 0 bridgehead atoms. The van der Waals surface area contributed by atoms with E-state index in [9.17, 15) is 9.46 Å². The highest BCUT2D eigenvalue weighted by Crippen LogP contribution is 2.59. The van der Waals surface area contributed by atoms with Crippen molar-refractivity contribution in [2.45, 2.75) is 91.1 Å². The first-order valence-corrected chi connectivity index (χ1v) is 13.1. The molecule has 1 N–H and O–H groups in total. The first-order valence-electron chi connectivity index (χ1n) is 9.97. The van der Waals surface area contributed by atoms with Gasteiger partial charge in [-0.1, -0.05) is 41.5 Å². The van der Waals surface area contributed by atoms with E-state index < -0.39 is 12.9 Å². The molecule has 0 aromatic heterocycles. The third kappa shape index (κ3) is 7.39. The molecule has 0 amide bonds. The lowest BCUT2D eigenvalue weighted by Gasteiger charge is -2.31. The standard InChI is InChI=1S/C18H33B3O5PS/c1-17(2,3)9-13-12(8-16(21-20)25-13)26-27(22,23)28-10-14-11(18(4,5)6)7-15(19)24-14/h11-16H,7-10H2,1-6H3,(H,22,23). The maximum atomic E-state index is 12.8. The molecule has 2 heterocycles. The monoisotopic (exact) mass is 425 g/mol. The van der Waals surface area contributed by atoms with E-state index in [1.807, 2.05) is 0 Å². The van der Waals surface area contributed by atoms with Crippen LogP contribution in [0.15, 0.2) is 0 Å². The van der Waals surface area contributed by atoms with Crippen LogP contribution in [0, 0.1) is 16.7 Å². The molecule has 28 heavy (non-hydrogen) atoms. The smallest absolute Gasteiger partial charge is 0.384 e. The topological polar surface area (TPSA) is 65.0 Å². The van der Waals surface area contributed by atoms with E-state index in [1.165, 1.54) is 7.17 Å². The lowest BCUT2D eigenvalue weighted by molar-refractivity contribution is 0.0137. The van der Waals surface area contributed by atoms with Crippen molar-refractivity contribution < 1.29 is 23.5 Å². The Morgan fingerprint density at radius 3 is 2.36 bits per heavy atom. The molecule has 2 aliphatic rings. The fourth-order valence-electron chi connectivity index (χ4n) is 3.98. The van der Waals surface area contributed by atoms with Gasteiger partial charge in [0.25, 0.3) is 0 Å². The molecular weight excluding hydrogens is 392 g/mol. The molecule has 7 unspecified atom stereocenters. The Morgan fingerprint density at radius 2 is 1.82 bits per heavy atom. The summed E-state index contributed by atoms with van der Waals surface area (Å²) in [7, 11) is 13.1. The average molecular weight is 425 g/mol. The number of ether oxygens (including phenoxy) is 2. The Bertz CT molecular complexity index is 568. The van der Waals surface area contributed by atoms with E-state index in [0.717, 1.165) is 24.2 Å². The van der Waals surface area contributed by atoms with Gasteiger partial charge < -0.3 is 14.4 Å². The minimum Gasteiger partial charge on any atom is -0.384 e. The van der Waals surface area contributed by atoms with Crippen LogP contribution in [0.25, 0.3) is 0 Å². The van der Waals surface area contributed by atoms with E-state index in [4.69, 9.17) is 29.6 Å². The van der Waals surface area contributed by atoms with Gasteiger partial charge in [0.2, 0.25) is 0 Å². The van der Waals surface area contributed by atoms with Crippen LogP contribution in [0.5, 0.6) is 0 Å². The predicted octanol–water partition coefficient (Wildman–Crippen LogP) is 3.49. The lowest BCUT2D eigenvalue weighted by atomic mass is 9.51. The zero-order chi connectivity index (χ0) is 21.3.